The van der Waals surface area contributed by atoms with Crippen LogP contribution in [0.2, 0.25) is 0 Å². The van der Waals surface area contributed by atoms with Crippen LogP contribution >= 0.6 is 0 Å². The standard InChI is InChI=1S/C21H22N2O4/c1-2-3-14-26-21(25)15-8-10-16(11-9-15)22-19(24)12-13-20-23-17-6-4-5-7-18(17)27-20/h4-11H,2-3,12-14H2,1H3,(H,22,24). The number of ether oxygens (including phenoxy) is 1. The largest absolute Gasteiger partial charge is 0.462 e. The molecule has 0 spiro atoms. The van der Waals surface area contributed by atoms with Gasteiger partial charge in [-0.3, -0.25) is 4.79 Å². The molecule has 2 aromatic carbocycles. The number of amides is 1. The number of unbranched alkanes of at least 4 members (excludes halogenated alkanes) is 1. The lowest BCUT2D eigenvalue weighted by Crippen LogP contribution is -2.13. The average molecular weight is 366 g/mol. The number of hydrogen-bond acceptors (Lipinski definition) is 5. The topological polar surface area (TPSA) is 81.4 Å². The van der Waals surface area contributed by atoms with E-state index in [1.165, 1.54) is 0 Å². The Morgan fingerprint density at radius 1 is 1.11 bits per heavy atom. The number of fused-ring (bicyclic) bond motifs is 1. The maximum atomic E-state index is 12.1. The molecule has 1 amide bonds. The molecule has 6 heteroatoms. The fourth-order valence-electron chi connectivity index (χ4n) is 2.55. The Morgan fingerprint density at radius 2 is 1.89 bits per heavy atom. The molecule has 6 nitrogen and oxygen atoms in total. The number of carbonyl (C=O) groups excluding carboxylic acids is 2. The van der Waals surface area contributed by atoms with Crippen molar-refractivity contribution >= 4 is 28.7 Å². The van der Waals surface area contributed by atoms with Gasteiger partial charge < -0.3 is 14.5 Å². The van der Waals surface area contributed by atoms with Crippen molar-refractivity contribution in [1.82, 2.24) is 4.98 Å². The van der Waals surface area contributed by atoms with Crippen LogP contribution in [0.5, 0.6) is 0 Å². The Hall–Kier alpha value is -3.15. The summed E-state index contributed by atoms with van der Waals surface area (Å²) in [7, 11) is 0. The lowest BCUT2D eigenvalue weighted by atomic mass is 10.2. The molecular formula is C21H22N2O4. The lowest BCUT2D eigenvalue weighted by molar-refractivity contribution is -0.116. The van der Waals surface area contributed by atoms with Crippen molar-refractivity contribution in [2.24, 2.45) is 0 Å². The summed E-state index contributed by atoms with van der Waals surface area (Å²) in [4.78, 5) is 28.3. The first-order valence-corrected chi connectivity index (χ1v) is 9.07. The van der Waals surface area contributed by atoms with Crippen LogP contribution in [-0.2, 0) is 16.0 Å². The van der Waals surface area contributed by atoms with E-state index in [0.29, 0.717) is 35.8 Å². The van der Waals surface area contributed by atoms with Gasteiger partial charge in [0.1, 0.15) is 5.52 Å². The fraction of sp³-hybridized carbons (Fsp3) is 0.286. The van der Waals surface area contributed by atoms with Crippen molar-refractivity contribution in [1.29, 1.82) is 0 Å². The van der Waals surface area contributed by atoms with E-state index in [-0.39, 0.29) is 18.3 Å². The summed E-state index contributed by atoms with van der Waals surface area (Å²) in [6, 6.07) is 14.2. The number of nitrogens with one attached hydrogen (secondary N) is 1. The molecule has 1 heterocycles. The van der Waals surface area contributed by atoms with Crippen LogP contribution in [0.4, 0.5) is 5.69 Å². The van der Waals surface area contributed by atoms with E-state index < -0.39 is 0 Å². The number of rotatable bonds is 8. The molecule has 0 saturated carbocycles. The van der Waals surface area contributed by atoms with Gasteiger partial charge in [0.15, 0.2) is 11.5 Å². The van der Waals surface area contributed by atoms with E-state index in [4.69, 9.17) is 9.15 Å². The van der Waals surface area contributed by atoms with Gasteiger partial charge in [0.2, 0.25) is 5.91 Å². The third-order valence-electron chi connectivity index (χ3n) is 4.04. The Morgan fingerprint density at radius 3 is 2.63 bits per heavy atom. The van der Waals surface area contributed by atoms with Crippen LogP contribution in [0.15, 0.2) is 52.9 Å². The van der Waals surface area contributed by atoms with Crippen LogP contribution < -0.4 is 5.32 Å². The minimum absolute atomic E-state index is 0.143. The molecule has 27 heavy (non-hydrogen) atoms. The SMILES string of the molecule is CCCCOC(=O)c1ccc(NC(=O)CCc2nc3ccccc3o2)cc1. The molecule has 0 atom stereocenters. The van der Waals surface area contributed by atoms with E-state index in [9.17, 15) is 9.59 Å². The zero-order chi connectivity index (χ0) is 19.1. The van der Waals surface area contributed by atoms with Gasteiger partial charge in [0.25, 0.3) is 0 Å². The quantitative estimate of drug-likeness (QED) is 0.473. The van der Waals surface area contributed by atoms with Gasteiger partial charge in [0.05, 0.1) is 12.2 Å². The summed E-state index contributed by atoms with van der Waals surface area (Å²) in [6.45, 7) is 2.46. The lowest BCUT2D eigenvalue weighted by Gasteiger charge is -2.06. The molecule has 1 N–H and O–H groups in total. The second kappa shape index (κ2) is 8.98. The number of esters is 1. The molecule has 0 bridgehead atoms. The molecule has 0 aliphatic rings. The van der Waals surface area contributed by atoms with Gasteiger partial charge in [-0.25, -0.2) is 9.78 Å². The highest BCUT2D eigenvalue weighted by Gasteiger charge is 2.10. The van der Waals surface area contributed by atoms with Gasteiger partial charge in [-0.05, 0) is 42.8 Å². The molecule has 0 aliphatic carbocycles. The first kappa shape index (κ1) is 18.6. The van der Waals surface area contributed by atoms with Gasteiger partial charge in [-0.15, -0.1) is 0 Å². The second-order valence-electron chi connectivity index (χ2n) is 6.19. The van der Waals surface area contributed by atoms with E-state index in [0.717, 1.165) is 18.4 Å². The predicted octanol–water partition coefficient (Wildman–Crippen LogP) is 4.36. The number of benzene rings is 2. The molecule has 0 radical (unpaired) electrons. The molecule has 0 saturated heterocycles. The number of carbonyl (C=O) groups is 2. The van der Waals surface area contributed by atoms with Crippen molar-refractivity contribution in [2.45, 2.75) is 32.6 Å². The molecule has 1 aromatic heterocycles. The normalized spacial score (nSPS) is 10.7. The Labute approximate surface area is 157 Å². The van der Waals surface area contributed by atoms with Gasteiger partial charge >= 0.3 is 5.97 Å². The van der Waals surface area contributed by atoms with Gasteiger partial charge in [0, 0.05) is 18.5 Å². The molecular weight excluding hydrogens is 344 g/mol. The molecule has 0 fully saturated rings. The zero-order valence-corrected chi connectivity index (χ0v) is 15.2. The van der Waals surface area contributed by atoms with Crippen molar-refractivity contribution in [3.63, 3.8) is 0 Å². The number of para-hydroxylation sites is 2. The van der Waals surface area contributed by atoms with Crippen LogP contribution in [0.3, 0.4) is 0 Å². The summed E-state index contributed by atoms with van der Waals surface area (Å²) in [5.74, 6) is 0.0457. The minimum Gasteiger partial charge on any atom is -0.462 e. The van der Waals surface area contributed by atoms with Crippen LogP contribution in [0.1, 0.15) is 42.4 Å². The van der Waals surface area contributed by atoms with Crippen molar-refractivity contribution in [3.05, 3.63) is 60.0 Å². The number of oxazole rings is 1. The zero-order valence-electron chi connectivity index (χ0n) is 15.2. The molecule has 3 rings (SSSR count). The summed E-state index contributed by atoms with van der Waals surface area (Å²) < 4.78 is 10.8. The monoisotopic (exact) mass is 366 g/mol. The number of anilines is 1. The Kier molecular flexibility index (Phi) is 6.20. The van der Waals surface area contributed by atoms with E-state index >= 15 is 0 Å². The molecule has 140 valence electrons. The summed E-state index contributed by atoms with van der Waals surface area (Å²) >= 11 is 0. The summed E-state index contributed by atoms with van der Waals surface area (Å²) in [5, 5.41) is 2.80. The third kappa shape index (κ3) is 5.17. The molecule has 0 unspecified atom stereocenters. The first-order valence-electron chi connectivity index (χ1n) is 9.07. The second-order valence-corrected chi connectivity index (χ2v) is 6.19. The average Bonchev–Trinajstić information content (AvgIpc) is 3.10. The van der Waals surface area contributed by atoms with Crippen LogP contribution in [-0.4, -0.2) is 23.5 Å². The summed E-state index contributed by atoms with van der Waals surface area (Å²) in [5.41, 5.74) is 2.60. The fourth-order valence-corrected chi connectivity index (χ4v) is 2.55. The number of hydrogen-bond donors (Lipinski definition) is 1. The highest BCUT2D eigenvalue weighted by molar-refractivity contribution is 5.93. The number of nitrogens with zero attached hydrogens (tertiary/aromatic N) is 1. The third-order valence-corrected chi connectivity index (χ3v) is 4.04. The van der Waals surface area contributed by atoms with Gasteiger partial charge in [-0.1, -0.05) is 25.5 Å². The maximum Gasteiger partial charge on any atom is 0.338 e. The van der Waals surface area contributed by atoms with Crippen molar-refractivity contribution in [2.75, 3.05) is 11.9 Å². The maximum absolute atomic E-state index is 12.1. The predicted molar refractivity (Wildman–Crippen MR) is 103 cm³/mol. The van der Waals surface area contributed by atoms with Crippen LogP contribution in [0.25, 0.3) is 11.1 Å². The van der Waals surface area contributed by atoms with Crippen molar-refractivity contribution in [3.8, 4) is 0 Å². The molecule has 0 aliphatic heterocycles. The molecule has 3 aromatic rings. The number of aromatic nitrogens is 1. The smallest absolute Gasteiger partial charge is 0.338 e. The van der Waals surface area contributed by atoms with Crippen molar-refractivity contribution < 1.29 is 18.7 Å². The van der Waals surface area contributed by atoms with E-state index in [1.807, 2.05) is 31.2 Å². The Balaban J connectivity index is 1.49. The van der Waals surface area contributed by atoms with Gasteiger partial charge in [-0.2, -0.15) is 0 Å². The summed E-state index contributed by atoms with van der Waals surface area (Å²) in [6.07, 6.45) is 2.50. The highest BCUT2D eigenvalue weighted by atomic mass is 16.5. The van der Waals surface area contributed by atoms with Crippen LogP contribution in [0, 0.1) is 0 Å². The first-order chi connectivity index (χ1) is 13.2. The van der Waals surface area contributed by atoms with E-state index in [1.54, 1.807) is 24.3 Å². The number of aryl methyl sites for hydroxylation is 1. The highest BCUT2D eigenvalue weighted by Crippen LogP contribution is 2.16. The Bertz CT molecular complexity index is 882. The van der Waals surface area contributed by atoms with E-state index in [2.05, 4.69) is 10.3 Å². The minimum atomic E-state index is -0.350.